The number of benzene rings is 2. The summed E-state index contributed by atoms with van der Waals surface area (Å²) >= 11 is 0. The van der Waals surface area contributed by atoms with Crippen LogP contribution in [-0.2, 0) is 5.54 Å². The van der Waals surface area contributed by atoms with Crippen LogP contribution < -0.4 is 5.32 Å². The minimum Gasteiger partial charge on any atom is -0.310 e. The third kappa shape index (κ3) is 4.22. The maximum atomic E-state index is 3.89. The minimum absolute atomic E-state index is 0.144. The van der Waals surface area contributed by atoms with E-state index in [1.54, 1.807) is 0 Å². The average molecular weight is 301 g/mol. The zero-order chi connectivity index (χ0) is 16.5. The van der Waals surface area contributed by atoms with E-state index in [0.717, 1.165) is 24.0 Å². The summed E-state index contributed by atoms with van der Waals surface area (Å²) in [6.45, 7) is 7.77. The first-order valence-electron chi connectivity index (χ1n) is 7.82. The van der Waals surface area contributed by atoms with Crippen molar-refractivity contribution in [2.24, 2.45) is 0 Å². The average Bonchev–Trinajstić information content (AvgIpc) is 2.61. The van der Waals surface area contributed by atoms with Gasteiger partial charge in [-0.3, -0.25) is 0 Å². The second-order valence-electron chi connectivity index (χ2n) is 5.51. The lowest BCUT2D eigenvalue weighted by molar-refractivity contribution is 0.368. The molecule has 0 radical (unpaired) electrons. The molecular weight excluding hydrogens is 278 g/mol. The maximum Gasteiger partial charge on any atom is 0.0501 e. The van der Waals surface area contributed by atoms with Gasteiger partial charge in [0.1, 0.15) is 0 Å². The summed E-state index contributed by atoms with van der Waals surface area (Å²) in [5.74, 6) is 6.40. The van der Waals surface area contributed by atoms with E-state index >= 15 is 0 Å². The third-order valence-electron chi connectivity index (χ3n) is 4.03. The van der Waals surface area contributed by atoms with Gasteiger partial charge in [-0.1, -0.05) is 54.3 Å². The normalized spacial score (nSPS) is 10.5. The zero-order valence-electron chi connectivity index (χ0n) is 13.7. The van der Waals surface area contributed by atoms with Crippen LogP contribution in [0.15, 0.2) is 79.9 Å². The Kier molecular flexibility index (Phi) is 5.97. The van der Waals surface area contributed by atoms with Crippen LogP contribution in [0.25, 0.3) is 0 Å². The quantitative estimate of drug-likeness (QED) is 0.605. The van der Waals surface area contributed by atoms with E-state index in [1.165, 1.54) is 5.56 Å². The van der Waals surface area contributed by atoms with Gasteiger partial charge in [-0.15, -0.1) is 13.2 Å². The maximum absolute atomic E-state index is 3.89. The minimum atomic E-state index is -0.144. The van der Waals surface area contributed by atoms with Crippen molar-refractivity contribution < 1.29 is 0 Å². The molecule has 0 aliphatic rings. The molecule has 0 bridgehead atoms. The molecule has 2 aromatic rings. The van der Waals surface area contributed by atoms with Gasteiger partial charge < -0.3 is 5.32 Å². The molecule has 0 heterocycles. The van der Waals surface area contributed by atoms with Crippen molar-refractivity contribution in [1.82, 2.24) is 5.32 Å². The molecule has 0 atom stereocenters. The Morgan fingerprint density at radius 2 is 1.39 bits per heavy atom. The lowest BCUT2D eigenvalue weighted by Gasteiger charge is -2.32. The van der Waals surface area contributed by atoms with Crippen LogP contribution in [-0.4, -0.2) is 7.05 Å². The van der Waals surface area contributed by atoms with Crippen molar-refractivity contribution in [3.05, 3.63) is 96.6 Å². The van der Waals surface area contributed by atoms with Crippen molar-refractivity contribution in [3.63, 3.8) is 0 Å². The van der Waals surface area contributed by atoms with Crippen molar-refractivity contribution in [2.75, 3.05) is 7.05 Å². The second-order valence-corrected chi connectivity index (χ2v) is 5.51. The fraction of sp³-hybridized carbons (Fsp3) is 0.182. The molecule has 2 rings (SSSR count). The molecule has 0 unspecified atom stereocenters. The molecule has 0 aliphatic heterocycles. The molecule has 1 heteroatoms. The third-order valence-corrected chi connectivity index (χ3v) is 4.03. The first-order chi connectivity index (χ1) is 11.2. The van der Waals surface area contributed by atoms with Gasteiger partial charge >= 0.3 is 0 Å². The van der Waals surface area contributed by atoms with Crippen LogP contribution in [0.3, 0.4) is 0 Å². The topological polar surface area (TPSA) is 12.0 Å². The molecule has 0 fully saturated rings. The summed E-state index contributed by atoms with van der Waals surface area (Å²) in [5.41, 5.74) is 3.12. The highest BCUT2D eigenvalue weighted by Gasteiger charge is 2.27. The summed E-state index contributed by atoms with van der Waals surface area (Å²) in [7, 11) is 1.98. The fourth-order valence-corrected chi connectivity index (χ4v) is 2.70. The van der Waals surface area contributed by atoms with E-state index < -0.39 is 0 Å². The molecule has 2 aromatic carbocycles. The Labute approximate surface area is 139 Å². The number of nitrogens with one attached hydrogen (secondary N) is 1. The standard InChI is InChI=1S/C22H23N/c1-4-17-22(23-3,18-5-2)21-15-13-20(14-16-21)12-11-19-9-7-6-8-10-19/h4-10,13-16,23H,1-2,17-18H2,3H3. The lowest BCUT2D eigenvalue weighted by atomic mass is 9.83. The fourth-order valence-electron chi connectivity index (χ4n) is 2.70. The van der Waals surface area contributed by atoms with Crippen LogP contribution in [0, 0.1) is 11.8 Å². The smallest absolute Gasteiger partial charge is 0.0501 e. The molecule has 0 spiro atoms. The Hall–Kier alpha value is -2.56. The predicted octanol–water partition coefficient (Wildman–Crippen LogP) is 4.65. The molecule has 0 saturated carbocycles. The summed E-state index contributed by atoms with van der Waals surface area (Å²) in [5, 5.41) is 3.43. The molecule has 0 aliphatic carbocycles. The summed E-state index contributed by atoms with van der Waals surface area (Å²) in [6, 6.07) is 18.4. The molecule has 116 valence electrons. The van der Waals surface area contributed by atoms with Crippen LogP contribution in [0.4, 0.5) is 0 Å². The van der Waals surface area contributed by atoms with E-state index in [1.807, 2.05) is 49.5 Å². The number of hydrogen-bond donors (Lipinski definition) is 1. The van der Waals surface area contributed by atoms with Gasteiger partial charge in [-0.2, -0.15) is 0 Å². The van der Waals surface area contributed by atoms with Crippen LogP contribution in [0.1, 0.15) is 29.5 Å². The molecule has 0 saturated heterocycles. The van der Waals surface area contributed by atoms with Gasteiger partial charge in [0, 0.05) is 11.1 Å². The Bertz CT molecular complexity index is 689. The monoisotopic (exact) mass is 301 g/mol. The molecular formula is C22H23N. The highest BCUT2D eigenvalue weighted by molar-refractivity contribution is 5.44. The Balaban J connectivity index is 2.26. The Morgan fingerprint density at radius 3 is 1.87 bits per heavy atom. The largest absolute Gasteiger partial charge is 0.310 e. The van der Waals surface area contributed by atoms with Gasteiger partial charge in [0.05, 0.1) is 5.54 Å². The van der Waals surface area contributed by atoms with E-state index in [2.05, 4.69) is 54.6 Å². The van der Waals surface area contributed by atoms with Gasteiger partial charge in [-0.05, 0) is 49.7 Å². The first kappa shape index (κ1) is 16.8. The van der Waals surface area contributed by atoms with E-state index in [-0.39, 0.29) is 5.54 Å². The van der Waals surface area contributed by atoms with Crippen molar-refractivity contribution >= 4 is 0 Å². The Morgan fingerprint density at radius 1 is 0.870 bits per heavy atom. The first-order valence-corrected chi connectivity index (χ1v) is 7.82. The summed E-state index contributed by atoms with van der Waals surface area (Å²) < 4.78 is 0. The van der Waals surface area contributed by atoms with E-state index in [0.29, 0.717) is 0 Å². The van der Waals surface area contributed by atoms with Crippen LogP contribution >= 0.6 is 0 Å². The summed E-state index contributed by atoms with van der Waals surface area (Å²) in [4.78, 5) is 0. The number of hydrogen-bond acceptors (Lipinski definition) is 1. The van der Waals surface area contributed by atoms with Gasteiger partial charge in [0.25, 0.3) is 0 Å². The lowest BCUT2D eigenvalue weighted by Crippen LogP contribution is -2.39. The number of rotatable bonds is 6. The van der Waals surface area contributed by atoms with Gasteiger partial charge in [0.15, 0.2) is 0 Å². The summed E-state index contributed by atoms with van der Waals surface area (Å²) in [6.07, 6.45) is 5.60. The predicted molar refractivity (Wildman–Crippen MR) is 99.2 cm³/mol. The van der Waals surface area contributed by atoms with Gasteiger partial charge in [-0.25, -0.2) is 0 Å². The SMILES string of the molecule is C=CCC(CC=C)(NC)c1ccc(C#Cc2ccccc2)cc1. The van der Waals surface area contributed by atoms with Crippen LogP contribution in [0.2, 0.25) is 0 Å². The second kappa shape index (κ2) is 8.17. The van der Waals surface area contributed by atoms with E-state index in [9.17, 15) is 0 Å². The van der Waals surface area contributed by atoms with Crippen molar-refractivity contribution in [2.45, 2.75) is 18.4 Å². The molecule has 0 aromatic heterocycles. The van der Waals surface area contributed by atoms with E-state index in [4.69, 9.17) is 0 Å². The van der Waals surface area contributed by atoms with Gasteiger partial charge in [0.2, 0.25) is 0 Å². The zero-order valence-corrected chi connectivity index (χ0v) is 13.7. The molecule has 1 nitrogen and oxygen atoms in total. The van der Waals surface area contributed by atoms with Crippen molar-refractivity contribution in [1.29, 1.82) is 0 Å². The molecule has 1 N–H and O–H groups in total. The highest BCUT2D eigenvalue weighted by atomic mass is 14.9. The highest BCUT2D eigenvalue weighted by Crippen LogP contribution is 2.29. The molecule has 23 heavy (non-hydrogen) atoms. The van der Waals surface area contributed by atoms with Crippen molar-refractivity contribution in [3.8, 4) is 11.8 Å². The van der Waals surface area contributed by atoms with Crippen LogP contribution in [0.5, 0.6) is 0 Å². The molecule has 0 amide bonds.